The highest BCUT2D eigenvalue weighted by molar-refractivity contribution is 14.1. The van der Waals surface area contributed by atoms with Crippen molar-refractivity contribution < 1.29 is 23.5 Å². The third-order valence-corrected chi connectivity index (χ3v) is 10.1. The fourth-order valence-corrected chi connectivity index (χ4v) is 8.08. The number of hydrogen-bond donors (Lipinski definition) is 1. The Hall–Kier alpha value is -4.34. The lowest BCUT2D eigenvalue weighted by Gasteiger charge is -2.28. The van der Waals surface area contributed by atoms with E-state index < -0.39 is 17.9 Å². The van der Waals surface area contributed by atoms with E-state index in [1.54, 1.807) is 55.5 Å². The maximum atomic E-state index is 14.1. The number of amidine groups is 1. The number of rotatable bonds is 12. The number of carbonyl (C=O) groups is 3. The van der Waals surface area contributed by atoms with E-state index in [0.717, 1.165) is 30.0 Å². The summed E-state index contributed by atoms with van der Waals surface area (Å²) in [7, 11) is 0. The van der Waals surface area contributed by atoms with Crippen molar-refractivity contribution in [3.05, 3.63) is 174 Å². The lowest BCUT2D eigenvalue weighted by atomic mass is 9.99. The number of aliphatic imine (C=N–C) groups is 1. The number of allylic oxidation sites excluding steroid dienone is 4. The summed E-state index contributed by atoms with van der Waals surface area (Å²) < 4.78 is 21.1. The van der Waals surface area contributed by atoms with E-state index in [0.29, 0.717) is 22.6 Å². The molecule has 258 valence electrons. The van der Waals surface area contributed by atoms with Crippen molar-refractivity contribution in [2.75, 3.05) is 5.75 Å². The van der Waals surface area contributed by atoms with Gasteiger partial charge in [-0.25, -0.2) is 4.39 Å². The normalized spacial score (nSPS) is 14.3. The molecule has 1 heterocycles. The maximum Gasteiger partial charge on any atom is 0.285 e. The van der Waals surface area contributed by atoms with Crippen LogP contribution < -0.4 is 10.1 Å². The van der Waals surface area contributed by atoms with Gasteiger partial charge in [0.1, 0.15) is 23.7 Å². The van der Waals surface area contributed by atoms with E-state index in [4.69, 9.17) is 4.74 Å². The Kier molecular flexibility index (Phi) is 13.6. The molecule has 3 amide bonds. The van der Waals surface area contributed by atoms with Crippen molar-refractivity contribution in [3.8, 4) is 5.75 Å². The van der Waals surface area contributed by atoms with E-state index in [9.17, 15) is 18.8 Å². The molecule has 1 N–H and O–H groups in total. The highest BCUT2D eigenvalue weighted by atomic mass is 127. The van der Waals surface area contributed by atoms with Crippen molar-refractivity contribution in [3.63, 3.8) is 0 Å². The van der Waals surface area contributed by atoms with Crippen molar-refractivity contribution >= 4 is 85.9 Å². The van der Waals surface area contributed by atoms with E-state index in [1.807, 2.05) is 60.7 Å². The van der Waals surface area contributed by atoms with E-state index in [1.165, 1.54) is 23.1 Å². The molecule has 1 aliphatic rings. The number of thioether (sulfide) groups is 1. The van der Waals surface area contributed by atoms with Gasteiger partial charge in [0.05, 0.1) is 18.9 Å². The molecule has 0 saturated carbocycles. The quantitative estimate of drug-likeness (QED) is 0.0664. The van der Waals surface area contributed by atoms with Crippen LogP contribution >= 0.6 is 56.9 Å². The Bertz CT molecular complexity index is 2000. The number of nitrogens with one attached hydrogen (secondary N) is 1. The summed E-state index contributed by atoms with van der Waals surface area (Å²) in [5.41, 5.74) is 3.44. The summed E-state index contributed by atoms with van der Waals surface area (Å²) in [6.07, 6.45) is 8.16. The number of halogens is 3. The van der Waals surface area contributed by atoms with E-state index in [-0.39, 0.29) is 34.8 Å². The second-order valence-corrected chi connectivity index (χ2v) is 14.3. The van der Waals surface area contributed by atoms with Crippen molar-refractivity contribution in [1.82, 2.24) is 10.2 Å². The van der Waals surface area contributed by atoms with Crippen LogP contribution in [0.25, 0.3) is 6.08 Å². The van der Waals surface area contributed by atoms with Crippen LogP contribution in [0.4, 0.5) is 4.39 Å². The monoisotopic (exact) mass is 923 g/mol. The number of nitrogens with zero attached hydrogens (tertiary/aromatic N) is 2. The fraction of sp³-hybridized carbons (Fsp3) is 0.100. The topological polar surface area (TPSA) is 88.1 Å². The van der Waals surface area contributed by atoms with Gasteiger partial charge in [-0.15, -0.1) is 0 Å². The third kappa shape index (κ3) is 9.92. The first-order chi connectivity index (χ1) is 24.7. The van der Waals surface area contributed by atoms with Crippen LogP contribution in [0.1, 0.15) is 35.2 Å². The van der Waals surface area contributed by atoms with Crippen molar-refractivity contribution in [2.45, 2.75) is 19.6 Å². The van der Waals surface area contributed by atoms with Gasteiger partial charge in [-0.1, -0.05) is 109 Å². The first-order valence-corrected chi connectivity index (χ1v) is 18.9. The maximum absolute atomic E-state index is 14.1. The van der Waals surface area contributed by atoms with Crippen LogP contribution in [0.3, 0.4) is 0 Å². The third-order valence-electron chi connectivity index (χ3n) is 7.52. The Morgan fingerprint density at radius 1 is 0.980 bits per heavy atom. The van der Waals surface area contributed by atoms with Gasteiger partial charge in [-0.2, -0.15) is 4.99 Å². The van der Waals surface area contributed by atoms with Gasteiger partial charge < -0.3 is 10.1 Å². The standard InChI is InChI=1S/C40H32FI2N3O4S/c1-3-5-19-31(4-2)46-39(49)32(21-27-22-33(42)37(34(43)23-27)50-24-26-13-12-18-30(41)20-26)38(48)45-40(46)51-25-35(47)44-36(28-14-8-6-9-15-28)29-16-10-7-11-17-29/h3-23,36H,1,24-25H2,2H3,(H,44,47)/b19-5-,31-4+,32-21+. The lowest BCUT2D eigenvalue weighted by molar-refractivity contribution is -0.126. The summed E-state index contributed by atoms with van der Waals surface area (Å²) >= 11 is 5.26. The number of ether oxygens (including phenoxy) is 1. The molecule has 0 spiro atoms. The number of benzene rings is 4. The summed E-state index contributed by atoms with van der Waals surface area (Å²) in [5, 5.41) is 3.18. The summed E-state index contributed by atoms with van der Waals surface area (Å²) in [4.78, 5) is 46.6. The minimum Gasteiger partial charge on any atom is -0.487 e. The molecule has 0 bridgehead atoms. The van der Waals surface area contributed by atoms with Gasteiger partial charge in [0.2, 0.25) is 5.91 Å². The number of amides is 3. The molecule has 51 heavy (non-hydrogen) atoms. The van der Waals surface area contributed by atoms with Crippen molar-refractivity contribution in [1.29, 1.82) is 0 Å². The highest BCUT2D eigenvalue weighted by Gasteiger charge is 2.35. The Labute approximate surface area is 327 Å². The summed E-state index contributed by atoms with van der Waals surface area (Å²) in [6.45, 7) is 5.67. The second kappa shape index (κ2) is 18.2. The zero-order chi connectivity index (χ0) is 36.3. The van der Waals surface area contributed by atoms with Gasteiger partial charge in [0.15, 0.2) is 5.17 Å². The molecule has 0 atom stereocenters. The van der Waals surface area contributed by atoms with Gasteiger partial charge in [-0.3, -0.25) is 19.3 Å². The van der Waals surface area contributed by atoms with E-state index >= 15 is 0 Å². The zero-order valence-corrected chi connectivity index (χ0v) is 32.5. The second-order valence-electron chi connectivity index (χ2n) is 11.0. The molecule has 4 aromatic rings. The first-order valence-electron chi connectivity index (χ1n) is 15.7. The van der Waals surface area contributed by atoms with Crippen LogP contribution in [0, 0.1) is 13.0 Å². The Balaban J connectivity index is 1.39. The molecule has 4 aromatic carbocycles. The molecule has 11 heteroatoms. The molecule has 1 aliphatic heterocycles. The Morgan fingerprint density at radius 2 is 1.63 bits per heavy atom. The average Bonchev–Trinajstić information content (AvgIpc) is 3.13. The van der Waals surface area contributed by atoms with E-state index in [2.05, 4.69) is 62.1 Å². The molecule has 0 unspecified atom stereocenters. The molecule has 7 nitrogen and oxygen atoms in total. The molecule has 0 saturated heterocycles. The minimum atomic E-state index is -0.717. The Morgan fingerprint density at radius 3 is 2.22 bits per heavy atom. The largest absolute Gasteiger partial charge is 0.487 e. The van der Waals surface area contributed by atoms with Crippen molar-refractivity contribution in [2.24, 2.45) is 4.99 Å². The summed E-state index contributed by atoms with van der Waals surface area (Å²) in [5.74, 6) is -1.43. The summed E-state index contributed by atoms with van der Waals surface area (Å²) in [6, 6.07) is 28.7. The van der Waals surface area contributed by atoms with Crippen LogP contribution in [-0.4, -0.2) is 33.5 Å². The SMILES string of the molecule is C=C/C=C\C(=C/C)N1C(=O)/C(=C/c2cc(I)c(OCc3cccc(F)c3)c(I)c2)C(=O)N=C1SCC(=O)NC(c1ccccc1)c1ccccc1. The minimum absolute atomic E-state index is 0.0837. The molecular formula is C40H32FI2N3O4S. The molecule has 0 fully saturated rings. The van der Waals surface area contributed by atoms with Gasteiger partial charge in [0, 0.05) is 5.70 Å². The molecular weight excluding hydrogens is 891 g/mol. The lowest BCUT2D eigenvalue weighted by Crippen LogP contribution is -2.42. The van der Waals surface area contributed by atoms with Gasteiger partial charge in [-0.05, 0) is 111 Å². The smallest absolute Gasteiger partial charge is 0.285 e. The fourth-order valence-electron chi connectivity index (χ4n) is 5.14. The highest BCUT2D eigenvalue weighted by Crippen LogP contribution is 2.32. The van der Waals surface area contributed by atoms with Gasteiger partial charge >= 0.3 is 0 Å². The predicted molar refractivity (Wildman–Crippen MR) is 218 cm³/mol. The number of hydrogen-bond acceptors (Lipinski definition) is 5. The molecule has 0 aromatic heterocycles. The van der Waals surface area contributed by atoms with Crippen LogP contribution in [0.15, 0.2) is 144 Å². The predicted octanol–water partition coefficient (Wildman–Crippen LogP) is 9.01. The van der Waals surface area contributed by atoms with Crippen LogP contribution in [-0.2, 0) is 21.0 Å². The molecule has 5 rings (SSSR count). The van der Waals surface area contributed by atoms with Crippen LogP contribution in [0.2, 0.25) is 0 Å². The zero-order valence-electron chi connectivity index (χ0n) is 27.4. The van der Waals surface area contributed by atoms with Crippen LogP contribution in [0.5, 0.6) is 5.75 Å². The number of carbonyl (C=O) groups excluding carboxylic acids is 3. The van der Waals surface area contributed by atoms with Gasteiger partial charge in [0.25, 0.3) is 11.8 Å². The average molecular weight is 924 g/mol. The molecule has 0 radical (unpaired) electrons. The molecule has 0 aliphatic carbocycles. The first kappa shape index (κ1) is 37.9.